The van der Waals surface area contributed by atoms with Crippen molar-refractivity contribution in [1.29, 1.82) is 0 Å². The molecule has 1 aliphatic carbocycles. The van der Waals surface area contributed by atoms with Crippen LogP contribution in [0.15, 0.2) is 70.2 Å². The molecule has 0 radical (unpaired) electrons. The van der Waals surface area contributed by atoms with Crippen molar-refractivity contribution < 1.29 is 29.1 Å². The van der Waals surface area contributed by atoms with E-state index in [4.69, 9.17) is 0 Å². The smallest absolute Gasteiger partial charge is 0.244 e. The van der Waals surface area contributed by atoms with Crippen molar-refractivity contribution in [1.82, 2.24) is 5.43 Å². The van der Waals surface area contributed by atoms with E-state index in [1.54, 1.807) is 24.5 Å². The number of rotatable bonds is 6. The van der Waals surface area contributed by atoms with Gasteiger partial charge in [-0.15, -0.1) is 0 Å². The number of phenols is 3. The first-order valence-corrected chi connectivity index (χ1v) is 12.4. The quantitative estimate of drug-likeness (QED) is 0.169. The Morgan fingerprint density at radius 1 is 1.06 bits per heavy atom. The van der Waals surface area contributed by atoms with Crippen molar-refractivity contribution >= 4 is 40.5 Å². The summed E-state index contributed by atoms with van der Waals surface area (Å²) in [6.45, 7) is 1.86. The van der Waals surface area contributed by atoms with Crippen LogP contribution in [0.25, 0.3) is 17.2 Å². The lowest BCUT2D eigenvalue weighted by molar-refractivity contribution is -0.120. The summed E-state index contributed by atoms with van der Waals surface area (Å²) in [5.41, 5.74) is 7.08. The Bertz CT molecular complexity index is 1430. The van der Waals surface area contributed by atoms with Crippen LogP contribution >= 0.6 is 0 Å². The number of fused-ring (bicyclic) bond motifs is 1. The predicted octanol–water partition coefficient (Wildman–Crippen LogP) is 4.55. The van der Waals surface area contributed by atoms with E-state index < -0.39 is 40.1 Å². The Balaban J connectivity index is 1.58. The zero-order chi connectivity index (χ0) is 26.0. The number of nitrogens with one attached hydrogen (secondary N) is 1. The third-order valence-corrected chi connectivity index (χ3v) is 6.80. The fraction of sp³-hybridized carbons (Fsp3) is 0.111. The van der Waals surface area contributed by atoms with Crippen LogP contribution in [0.1, 0.15) is 35.6 Å². The van der Waals surface area contributed by atoms with Gasteiger partial charge in [0.05, 0.1) is 12.6 Å². The molecule has 1 atom stereocenters. The Morgan fingerprint density at radius 2 is 1.78 bits per heavy atom. The fourth-order valence-corrected chi connectivity index (χ4v) is 4.49. The number of amides is 1. The third-order valence-electron chi connectivity index (χ3n) is 5.87. The van der Waals surface area contributed by atoms with Crippen LogP contribution in [0.3, 0.4) is 0 Å². The number of phenolic OH excluding ortho intramolecular Hbond substituents is 3. The molecule has 184 valence electrons. The van der Waals surface area contributed by atoms with Gasteiger partial charge in [-0.2, -0.15) is 5.10 Å². The average Bonchev–Trinajstić information content (AvgIpc) is 3.09. The highest BCUT2D eigenvalue weighted by molar-refractivity contribution is 7.90. The fourth-order valence-electron chi connectivity index (χ4n) is 3.97. The van der Waals surface area contributed by atoms with Gasteiger partial charge in [0.15, 0.2) is 16.4 Å². The summed E-state index contributed by atoms with van der Waals surface area (Å²) in [5.74, 6) is -2.62. The molecule has 1 amide bonds. The first kappa shape index (κ1) is 25.0. The summed E-state index contributed by atoms with van der Waals surface area (Å²) in [5, 5.41) is 32.7. The monoisotopic (exact) mass is 506 g/mol. The molecule has 4 rings (SSSR count). The third kappa shape index (κ3) is 5.12. The van der Waals surface area contributed by atoms with E-state index in [2.05, 4.69) is 10.5 Å². The Hall–Kier alpha value is -4.08. The Kier molecular flexibility index (Phi) is 7.14. The van der Waals surface area contributed by atoms with Gasteiger partial charge in [-0.3, -0.25) is 4.79 Å². The van der Waals surface area contributed by atoms with Gasteiger partial charge in [-0.05, 0) is 106 Å². The number of halogens is 1. The average molecular weight is 507 g/mol. The minimum atomic E-state index is -1.08. The van der Waals surface area contributed by atoms with Gasteiger partial charge in [0, 0.05) is 5.56 Å². The summed E-state index contributed by atoms with van der Waals surface area (Å²) < 4.78 is 25.8. The van der Waals surface area contributed by atoms with Gasteiger partial charge in [0.2, 0.25) is 11.7 Å². The maximum atomic E-state index is 14.1. The van der Waals surface area contributed by atoms with Gasteiger partial charge in [-0.1, -0.05) is 6.07 Å². The molecule has 0 fully saturated rings. The summed E-state index contributed by atoms with van der Waals surface area (Å²) in [4.78, 5) is 13.4. The van der Waals surface area contributed by atoms with E-state index >= 15 is 0 Å². The first-order valence-electron chi connectivity index (χ1n) is 10.9. The number of hydrogen-bond donors (Lipinski definition) is 4. The highest BCUT2D eigenvalue weighted by Gasteiger charge is 2.25. The first-order chi connectivity index (χ1) is 17.2. The highest BCUT2D eigenvalue weighted by atomic mass is 32.2. The number of carbonyl (C=O) groups excluding carboxylic acids is 1. The molecule has 3 aromatic carbocycles. The lowest BCUT2D eigenvalue weighted by Crippen LogP contribution is -2.17. The number of carbonyl (C=O) groups is 1. The second kappa shape index (κ2) is 10.3. The number of hydrazone groups is 1. The van der Waals surface area contributed by atoms with E-state index in [0.29, 0.717) is 16.0 Å². The second-order valence-electron chi connectivity index (χ2n) is 8.22. The van der Waals surface area contributed by atoms with E-state index in [1.807, 2.05) is 25.1 Å². The van der Waals surface area contributed by atoms with Crippen LogP contribution in [-0.4, -0.2) is 38.2 Å². The molecular formula is C27H23FN2O5S. The molecule has 0 aliphatic heterocycles. The second-order valence-corrected chi connectivity index (χ2v) is 9.60. The van der Waals surface area contributed by atoms with E-state index in [0.717, 1.165) is 28.5 Å². The van der Waals surface area contributed by atoms with Gasteiger partial charge < -0.3 is 19.9 Å². The zero-order valence-electron chi connectivity index (χ0n) is 19.4. The van der Waals surface area contributed by atoms with E-state index in [-0.39, 0.29) is 12.0 Å². The normalized spacial score (nSPS) is 14.9. The minimum Gasteiger partial charge on any atom is -0.612 e. The van der Waals surface area contributed by atoms with E-state index in [1.165, 1.54) is 24.3 Å². The number of allylic oxidation sites excluding steroid dienone is 2. The summed E-state index contributed by atoms with van der Waals surface area (Å²) in [7, 11) is 0. The maximum Gasteiger partial charge on any atom is 0.244 e. The van der Waals surface area contributed by atoms with Crippen molar-refractivity contribution in [3.8, 4) is 17.2 Å². The Morgan fingerprint density at radius 3 is 2.47 bits per heavy atom. The number of nitrogens with zero attached hydrogens (tertiary/aromatic N) is 1. The van der Waals surface area contributed by atoms with Gasteiger partial charge in [-0.25, -0.2) is 9.82 Å². The molecule has 0 aromatic heterocycles. The molecule has 0 bridgehead atoms. The standard InChI is InChI=1S/C27H23FN2O5S/c1-15-21(11-16-3-7-19(8-4-16)36(2)35)20-9-6-18(28)12-23(20)22(15)13-25(32)30-29-14-17-5-10-24(31)27(34)26(17)33/h3-12,14,31,33-34H,13H2,1-2H3,(H,30,32)/b21-11-,29-14-. The molecule has 9 heteroatoms. The van der Waals surface area contributed by atoms with E-state index in [9.17, 15) is 29.1 Å². The minimum absolute atomic E-state index is 0.0719. The lowest BCUT2D eigenvalue weighted by atomic mass is 10.0. The van der Waals surface area contributed by atoms with Crippen molar-refractivity contribution in [2.45, 2.75) is 18.2 Å². The van der Waals surface area contributed by atoms with Gasteiger partial charge in [0.1, 0.15) is 12.1 Å². The number of aromatic hydroxyl groups is 3. The molecule has 4 N–H and O–H groups in total. The summed E-state index contributed by atoms with van der Waals surface area (Å²) in [6.07, 6.45) is 4.62. The number of hydrogen-bond acceptors (Lipinski definition) is 6. The summed E-state index contributed by atoms with van der Waals surface area (Å²) >= 11 is -1.08. The predicted molar refractivity (Wildman–Crippen MR) is 137 cm³/mol. The molecule has 3 aromatic rings. The van der Waals surface area contributed by atoms with Crippen molar-refractivity contribution in [2.75, 3.05) is 6.26 Å². The zero-order valence-corrected chi connectivity index (χ0v) is 20.3. The maximum absolute atomic E-state index is 14.1. The molecule has 7 nitrogen and oxygen atoms in total. The molecule has 0 spiro atoms. The van der Waals surface area contributed by atoms with Crippen LogP contribution in [-0.2, 0) is 16.0 Å². The van der Waals surface area contributed by atoms with Crippen molar-refractivity contribution in [3.63, 3.8) is 0 Å². The highest BCUT2D eigenvalue weighted by Crippen LogP contribution is 2.44. The molecule has 36 heavy (non-hydrogen) atoms. The number of benzene rings is 3. The van der Waals surface area contributed by atoms with Crippen LogP contribution in [0.2, 0.25) is 0 Å². The van der Waals surface area contributed by atoms with Crippen molar-refractivity contribution in [3.05, 3.63) is 88.2 Å². The largest absolute Gasteiger partial charge is 0.612 e. The van der Waals surface area contributed by atoms with Crippen LogP contribution in [0.4, 0.5) is 4.39 Å². The molecule has 1 aliphatic rings. The van der Waals surface area contributed by atoms with Crippen LogP contribution in [0.5, 0.6) is 17.2 Å². The summed E-state index contributed by atoms with van der Waals surface area (Å²) in [6, 6.07) is 14.2. The molecule has 0 heterocycles. The molecule has 0 saturated heterocycles. The Labute approximate surface area is 210 Å². The SMILES string of the molecule is CC1=C(CC(=O)N/N=C\c2ccc(O)c(O)c2O)c2cc(F)ccc2/C1=C\c1ccc([S+](C)[O-])cc1. The van der Waals surface area contributed by atoms with Crippen molar-refractivity contribution in [2.24, 2.45) is 5.10 Å². The van der Waals surface area contributed by atoms with Gasteiger partial charge >= 0.3 is 0 Å². The van der Waals surface area contributed by atoms with Crippen LogP contribution < -0.4 is 5.43 Å². The molecule has 1 unspecified atom stereocenters. The molecular weight excluding hydrogens is 483 g/mol. The van der Waals surface area contributed by atoms with Crippen LogP contribution in [0, 0.1) is 5.82 Å². The molecule has 0 saturated carbocycles. The van der Waals surface area contributed by atoms with Gasteiger partial charge in [0.25, 0.3) is 0 Å². The topological polar surface area (TPSA) is 125 Å². The lowest BCUT2D eigenvalue weighted by Gasteiger charge is -2.06.